The number of thiazole rings is 1. The molecule has 0 aliphatic rings. The van der Waals surface area contributed by atoms with Gasteiger partial charge in [0.15, 0.2) is 5.13 Å². The van der Waals surface area contributed by atoms with Crippen LogP contribution in [0.4, 0.5) is 5.13 Å². The molecule has 0 spiro atoms. The summed E-state index contributed by atoms with van der Waals surface area (Å²) in [4.78, 5) is 29.2. The Kier molecular flexibility index (Phi) is 5.67. The summed E-state index contributed by atoms with van der Waals surface area (Å²) in [6.07, 6.45) is 0. The number of aromatic nitrogens is 3. The Morgan fingerprint density at radius 1 is 1.07 bits per heavy atom. The van der Waals surface area contributed by atoms with Crippen LogP contribution in [0, 0.1) is 0 Å². The SMILES string of the molecule is COc1ccc(-c2csc(NC(=O)c3ccc(=O)n(Cc4ccccc4)n3)n2)cc1. The number of hydrogen-bond acceptors (Lipinski definition) is 6. The Balaban J connectivity index is 1.49. The fourth-order valence-corrected chi connectivity index (χ4v) is 3.54. The van der Waals surface area contributed by atoms with Crippen molar-refractivity contribution in [1.82, 2.24) is 14.8 Å². The molecule has 0 bridgehead atoms. The molecule has 1 amide bonds. The lowest BCUT2D eigenvalue weighted by molar-refractivity contribution is 0.102. The number of nitrogens with zero attached hydrogens (tertiary/aromatic N) is 3. The molecule has 7 nitrogen and oxygen atoms in total. The van der Waals surface area contributed by atoms with E-state index in [-0.39, 0.29) is 11.3 Å². The third-order valence-electron chi connectivity index (χ3n) is 4.38. The number of rotatable bonds is 6. The van der Waals surface area contributed by atoms with Gasteiger partial charge < -0.3 is 4.74 Å². The van der Waals surface area contributed by atoms with Crippen LogP contribution in [0.1, 0.15) is 16.1 Å². The highest BCUT2D eigenvalue weighted by molar-refractivity contribution is 7.14. The summed E-state index contributed by atoms with van der Waals surface area (Å²) in [6.45, 7) is 0.291. The quantitative estimate of drug-likeness (QED) is 0.516. The van der Waals surface area contributed by atoms with Crippen LogP contribution < -0.4 is 15.6 Å². The molecule has 4 rings (SSSR count). The molecule has 0 aliphatic carbocycles. The second-order valence-corrected chi connectivity index (χ2v) is 7.28. The smallest absolute Gasteiger partial charge is 0.277 e. The van der Waals surface area contributed by atoms with Crippen LogP contribution >= 0.6 is 11.3 Å². The number of carbonyl (C=O) groups is 1. The zero-order chi connectivity index (χ0) is 20.9. The molecule has 2 aromatic heterocycles. The minimum atomic E-state index is -0.424. The van der Waals surface area contributed by atoms with Crippen molar-refractivity contribution in [3.63, 3.8) is 0 Å². The fourth-order valence-electron chi connectivity index (χ4n) is 2.83. The van der Waals surface area contributed by atoms with Crippen LogP contribution in [0.2, 0.25) is 0 Å². The van der Waals surface area contributed by atoms with E-state index in [1.807, 2.05) is 60.0 Å². The largest absolute Gasteiger partial charge is 0.497 e. The molecule has 1 N–H and O–H groups in total. The van der Waals surface area contributed by atoms with E-state index in [4.69, 9.17) is 4.74 Å². The lowest BCUT2D eigenvalue weighted by atomic mass is 10.2. The third kappa shape index (κ3) is 4.44. The molecule has 2 heterocycles. The summed E-state index contributed by atoms with van der Waals surface area (Å²) in [5.41, 5.74) is 2.47. The second-order valence-electron chi connectivity index (χ2n) is 6.42. The molecule has 2 aromatic carbocycles. The Hall–Kier alpha value is -3.78. The highest BCUT2D eigenvalue weighted by atomic mass is 32.1. The average Bonchev–Trinajstić information content (AvgIpc) is 3.24. The van der Waals surface area contributed by atoms with Gasteiger partial charge in [-0.05, 0) is 35.9 Å². The average molecular weight is 418 g/mol. The predicted molar refractivity (Wildman–Crippen MR) is 116 cm³/mol. The molecule has 4 aromatic rings. The molecule has 0 unspecified atom stereocenters. The van der Waals surface area contributed by atoms with E-state index in [0.717, 1.165) is 22.6 Å². The zero-order valence-electron chi connectivity index (χ0n) is 16.1. The molecular weight excluding hydrogens is 400 g/mol. The Morgan fingerprint density at radius 3 is 2.57 bits per heavy atom. The second kappa shape index (κ2) is 8.71. The molecule has 0 atom stereocenters. The van der Waals surface area contributed by atoms with E-state index in [9.17, 15) is 9.59 Å². The number of ether oxygens (including phenoxy) is 1. The van der Waals surface area contributed by atoms with Crippen molar-refractivity contribution in [3.8, 4) is 17.0 Å². The van der Waals surface area contributed by atoms with Gasteiger partial charge >= 0.3 is 0 Å². The minimum absolute atomic E-state index is 0.145. The van der Waals surface area contributed by atoms with Crippen molar-refractivity contribution in [2.24, 2.45) is 0 Å². The first-order valence-electron chi connectivity index (χ1n) is 9.16. The standard InChI is InChI=1S/C22H18N4O3S/c1-29-17-9-7-16(8-10-17)19-14-30-22(23-19)24-21(28)18-11-12-20(27)26(25-18)13-15-5-3-2-4-6-15/h2-12,14H,13H2,1H3,(H,23,24,28). The van der Waals surface area contributed by atoms with E-state index in [1.54, 1.807) is 7.11 Å². The molecule has 30 heavy (non-hydrogen) atoms. The number of anilines is 1. The van der Waals surface area contributed by atoms with Gasteiger partial charge in [-0.1, -0.05) is 30.3 Å². The van der Waals surface area contributed by atoms with Gasteiger partial charge in [-0.3, -0.25) is 14.9 Å². The zero-order valence-corrected chi connectivity index (χ0v) is 16.9. The van der Waals surface area contributed by atoms with Crippen molar-refractivity contribution >= 4 is 22.4 Å². The van der Waals surface area contributed by atoms with Gasteiger partial charge in [0.2, 0.25) is 0 Å². The van der Waals surface area contributed by atoms with Crippen molar-refractivity contribution in [2.45, 2.75) is 6.54 Å². The topological polar surface area (TPSA) is 86.1 Å². The van der Waals surface area contributed by atoms with Gasteiger partial charge in [0, 0.05) is 17.0 Å². The lowest BCUT2D eigenvalue weighted by Crippen LogP contribution is -2.26. The van der Waals surface area contributed by atoms with E-state index in [0.29, 0.717) is 11.7 Å². The van der Waals surface area contributed by atoms with Crippen LogP contribution in [0.15, 0.2) is 76.9 Å². The Morgan fingerprint density at radius 2 is 1.83 bits per heavy atom. The molecule has 0 saturated carbocycles. The van der Waals surface area contributed by atoms with Crippen molar-refractivity contribution in [1.29, 1.82) is 0 Å². The van der Waals surface area contributed by atoms with Crippen LogP contribution in [-0.2, 0) is 6.54 Å². The third-order valence-corrected chi connectivity index (χ3v) is 5.14. The molecule has 0 aliphatic heterocycles. The minimum Gasteiger partial charge on any atom is -0.497 e. The maximum atomic E-state index is 12.6. The number of amides is 1. The van der Waals surface area contributed by atoms with Gasteiger partial charge in [-0.15, -0.1) is 11.3 Å². The molecule has 150 valence electrons. The van der Waals surface area contributed by atoms with E-state index in [1.165, 1.54) is 28.2 Å². The lowest BCUT2D eigenvalue weighted by Gasteiger charge is -2.07. The maximum Gasteiger partial charge on any atom is 0.277 e. The van der Waals surface area contributed by atoms with E-state index >= 15 is 0 Å². The van der Waals surface area contributed by atoms with E-state index < -0.39 is 5.91 Å². The first-order chi connectivity index (χ1) is 14.6. The summed E-state index contributed by atoms with van der Waals surface area (Å²) in [5.74, 6) is 0.339. The van der Waals surface area contributed by atoms with Gasteiger partial charge in [0.25, 0.3) is 11.5 Å². The monoisotopic (exact) mass is 418 g/mol. The van der Waals surface area contributed by atoms with Crippen molar-refractivity contribution < 1.29 is 9.53 Å². The van der Waals surface area contributed by atoms with Crippen LogP contribution in [-0.4, -0.2) is 27.8 Å². The maximum absolute atomic E-state index is 12.6. The number of carbonyl (C=O) groups excluding carboxylic acids is 1. The number of benzene rings is 2. The van der Waals surface area contributed by atoms with Crippen molar-refractivity contribution in [3.05, 3.63) is 93.7 Å². The summed E-state index contributed by atoms with van der Waals surface area (Å²) in [6, 6.07) is 19.7. The van der Waals surface area contributed by atoms with Gasteiger partial charge in [-0.25, -0.2) is 9.67 Å². The summed E-state index contributed by atoms with van der Waals surface area (Å²) in [7, 11) is 1.61. The molecule has 8 heteroatoms. The van der Waals surface area contributed by atoms with Crippen LogP contribution in [0.25, 0.3) is 11.3 Å². The molecule has 0 radical (unpaired) electrons. The van der Waals surface area contributed by atoms with Crippen LogP contribution in [0.3, 0.4) is 0 Å². The van der Waals surface area contributed by atoms with E-state index in [2.05, 4.69) is 15.4 Å². The summed E-state index contributed by atoms with van der Waals surface area (Å²) >= 11 is 1.32. The summed E-state index contributed by atoms with van der Waals surface area (Å²) < 4.78 is 6.43. The Labute approximate surface area is 176 Å². The van der Waals surface area contributed by atoms with Crippen molar-refractivity contribution in [2.75, 3.05) is 12.4 Å². The molecule has 0 saturated heterocycles. The number of nitrogens with one attached hydrogen (secondary N) is 1. The molecular formula is C22H18N4O3S. The molecule has 0 fully saturated rings. The highest BCUT2D eigenvalue weighted by Gasteiger charge is 2.13. The first kappa shape index (κ1) is 19.5. The predicted octanol–water partition coefficient (Wildman–Crippen LogP) is 3.68. The fraction of sp³-hybridized carbons (Fsp3) is 0.0909. The van der Waals surface area contributed by atoms with Crippen LogP contribution in [0.5, 0.6) is 5.75 Å². The number of hydrogen-bond donors (Lipinski definition) is 1. The first-order valence-corrected chi connectivity index (χ1v) is 10.0. The van der Waals surface area contributed by atoms with Gasteiger partial charge in [0.05, 0.1) is 19.3 Å². The van der Waals surface area contributed by atoms with Gasteiger partial charge in [0.1, 0.15) is 11.4 Å². The number of methoxy groups -OCH3 is 1. The highest BCUT2D eigenvalue weighted by Crippen LogP contribution is 2.26. The van der Waals surface area contributed by atoms with Gasteiger partial charge in [-0.2, -0.15) is 5.10 Å². The normalized spacial score (nSPS) is 10.6. The Bertz CT molecular complexity index is 1220. The summed E-state index contributed by atoms with van der Waals surface area (Å²) in [5, 5.41) is 9.26.